The van der Waals surface area contributed by atoms with Gasteiger partial charge >= 0.3 is 5.97 Å². The number of carboxylic acids is 1. The maximum absolute atomic E-state index is 11.6. The molecule has 0 spiro atoms. The van der Waals surface area contributed by atoms with Crippen LogP contribution in [-0.2, 0) is 13.1 Å². The zero-order chi connectivity index (χ0) is 18.5. The molecule has 136 valence electrons. The number of methoxy groups -OCH3 is 1. The van der Waals surface area contributed by atoms with Gasteiger partial charge in [-0.2, -0.15) is 0 Å². The van der Waals surface area contributed by atoms with Crippen LogP contribution >= 0.6 is 0 Å². The van der Waals surface area contributed by atoms with Crippen LogP contribution in [0.2, 0.25) is 0 Å². The summed E-state index contributed by atoms with van der Waals surface area (Å²) in [5.74, 6) is 0.553. The highest BCUT2D eigenvalue weighted by Gasteiger charge is 2.17. The number of ether oxygens (including phenoxy) is 2. The summed E-state index contributed by atoms with van der Waals surface area (Å²) in [6.07, 6.45) is 0. The number of H-pyrrole nitrogens is 1. The molecular formula is C20H22N2O4. The lowest BCUT2D eigenvalue weighted by molar-refractivity contribution is 0.0690. The van der Waals surface area contributed by atoms with E-state index >= 15 is 0 Å². The Morgan fingerprint density at radius 1 is 1.12 bits per heavy atom. The number of hydrogen-bond donors (Lipinski definition) is 3. The molecule has 3 N–H and O–H groups in total. The molecule has 1 heterocycles. The Hall–Kier alpha value is -2.99. The minimum absolute atomic E-state index is 0.201. The van der Waals surface area contributed by atoms with Crippen molar-refractivity contribution >= 4 is 16.9 Å². The summed E-state index contributed by atoms with van der Waals surface area (Å²) in [7, 11) is 1.58. The molecule has 1 aromatic heterocycles. The van der Waals surface area contributed by atoms with Crippen LogP contribution in [0.4, 0.5) is 0 Å². The van der Waals surface area contributed by atoms with Crippen LogP contribution in [0.5, 0.6) is 11.5 Å². The second-order valence-electron chi connectivity index (χ2n) is 5.88. The Kier molecular flexibility index (Phi) is 5.43. The monoisotopic (exact) mass is 354 g/mol. The Balaban J connectivity index is 1.75. The molecule has 0 aliphatic carbocycles. The molecule has 0 atom stereocenters. The van der Waals surface area contributed by atoms with E-state index in [2.05, 4.69) is 10.3 Å². The molecule has 0 radical (unpaired) electrons. The first kappa shape index (κ1) is 17.8. The molecule has 0 unspecified atom stereocenters. The lowest BCUT2D eigenvalue weighted by atomic mass is 10.1. The Morgan fingerprint density at radius 3 is 2.50 bits per heavy atom. The van der Waals surface area contributed by atoms with Crippen LogP contribution in [0.25, 0.3) is 10.9 Å². The lowest BCUT2D eigenvalue weighted by Crippen LogP contribution is -2.15. The van der Waals surface area contributed by atoms with E-state index < -0.39 is 5.97 Å². The van der Waals surface area contributed by atoms with E-state index in [1.165, 1.54) is 0 Å². The molecule has 3 rings (SSSR count). The second-order valence-corrected chi connectivity index (χ2v) is 5.88. The first-order valence-electron chi connectivity index (χ1n) is 8.46. The van der Waals surface area contributed by atoms with Crippen molar-refractivity contribution in [2.24, 2.45) is 0 Å². The number of fused-ring (bicyclic) bond motifs is 1. The van der Waals surface area contributed by atoms with Crippen molar-refractivity contribution in [1.82, 2.24) is 10.3 Å². The maximum atomic E-state index is 11.6. The molecule has 0 aliphatic heterocycles. The minimum atomic E-state index is -0.974. The average Bonchev–Trinajstić information content (AvgIpc) is 3.01. The number of aromatic carboxylic acids is 1. The molecule has 0 bridgehead atoms. The van der Waals surface area contributed by atoms with E-state index in [1.807, 2.05) is 43.3 Å². The molecule has 0 amide bonds. The van der Waals surface area contributed by atoms with E-state index in [0.717, 1.165) is 27.8 Å². The molecular weight excluding hydrogens is 332 g/mol. The predicted molar refractivity (Wildman–Crippen MR) is 100.0 cm³/mol. The largest absolute Gasteiger partial charge is 0.497 e. The summed E-state index contributed by atoms with van der Waals surface area (Å²) in [4.78, 5) is 14.5. The van der Waals surface area contributed by atoms with E-state index in [9.17, 15) is 9.90 Å². The average molecular weight is 354 g/mol. The van der Waals surface area contributed by atoms with Crippen molar-refractivity contribution in [1.29, 1.82) is 0 Å². The van der Waals surface area contributed by atoms with Crippen LogP contribution in [0.3, 0.4) is 0 Å². The molecule has 26 heavy (non-hydrogen) atoms. The van der Waals surface area contributed by atoms with E-state index in [-0.39, 0.29) is 5.69 Å². The van der Waals surface area contributed by atoms with Crippen molar-refractivity contribution in [2.75, 3.05) is 13.7 Å². The first-order chi connectivity index (χ1) is 12.6. The molecule has 0 fully saturated rings. The van der Waals surface area contributed by atoms with Gasteiger partial charge in [-0.05, 0) is 36.8 Å². The smallest absolute Gasteiger partial charge is 0.352 e. The van der Waals surface area contributed by atoms with Crippen molar-refractivity contribution in [3.63, 3.8) is 0 Å². The number of aromatic amines is 1. The van der Waals surface area contributed by atoms with Crippen molar-refractivity contribution in [3.8, 4) is 11.5 Å². The lowest BCUT2D eigenvalue weighted by Gasteiger charge is -2.07. The number of hydrogen-bond acceptors (Lipinski definition) is 4. The van der Waals surface area contributed by atoms with Crippen LogP contribution < -0.4 is 14.8 Å². The molecule has 0 saturated carbocycles. The van der Waals surface area contributed by atoms with Crippen LogP contribution in [0, 0.1) is 0 Å². The van der Waals surface area contributed by atoms with Crippen LogP contribution in [0.15, 0.2) is 42.5 Å². The van der Waals surface area contributed by atoms with Gasteiger partial charge in [0.25, 0.3) is 0 Å². The number of aromatic nitrogens is 1. The summed E-state index contributed by atoms with van der Waals surface area (Å²) < 4.78 is 10.6. The standard InChI is InChI=1S/C20H22N2O4/c1-3-26-14-6-4-13(5-7-14)11-21-12-17-16-9-8-15(25-2)10-18(16)22-19(17)20(23)24/h4-10,21-22H,3,11-12H2,1-2H3,(H,23,24). The van der Waals surface area contributed by atoms with Crippen molar-refractivity contribution < 1.29 is 19.4 Å². The van der Waals surface area contributed by atoms with E-state index in [1.54, 1.807) is 13.2 Å². The number of rotatable bonds is 8. The fourth-order valence-electron chi connectivity index (χ4n) is 2.93. The highest BCUT2D eigenvalue weighted by Crippen LogP contribution is 2.26. The number of benzene rings is 2. The minimum Gasteiger partial charge on any atom is -0.497 e. The van der Waals surface area contributed by atoms with Gasteiger partial charge in [0, 0.05) is 30.1 Å². The van der Waals surface area contributed by atoms with Gasteiger partial charge in [0.15, 0.2) is 0 Å². The van der Waals surface area contributed by atoms with Gasteiger partial charge < -0.3 is 24.9 Å². The predicted octanol–water partition coefficient (Wildman–Crippen LogP) is 3.56. The first-order valence-corrected chi connectivity index (χ1v) is 8.46. The molecule has 6 heteroatoms. The zero-order valence-electron chi connectivity index (χ0n) is 14.8. The van der Waals surface area contributed by atoms with Gasteiger partial charge in [-0.25, -0.2) is 4.79 Å². The highest BCUT2D eigenvalue weighted by molar-refractivity contribution is 5.97. The quantitative estimate of drug-likeness (QED) is 0.576. The second kappa shape index (κ2) is 7.93. The molecule has 3 aromatic rings. The highest BCUT2D eigenvalue weighted by atomic mass is 16.5. The molecule has 6 nitrogen and oxygen atoms in total. The number of nitrogens with one attached hydrogen (secondary N) is 2. The fourth-order valence-corrected chi connectivity index (χ4v) is 2.93. The Morgan fingerprint density at radius 2 is 1.85 bits per heavy atom. The normalized spacial score (nSPS) is 10.8. The Labute approximate surface area is 151 Å². The van der Waals surface area contributed by atoms with Gasteiger partial charge in [0.2, 0.25) is 0 Å². The number of carboxylic acid groups (broad SMARTS) is 1. The Bertz CT molecular complexity index is 900. The third kappa shape index (κ3) is 3.81. The van der Waals surface area contributed by atoms with E-state index in [4.69, 9.17) is 9.47 Å². The third-order valence-corrected chi connectivity index (χ3v) is 4.19. The third-order valence-electron chi connectivity index (χ3n) is 4.19. The maximum Gasteiger partial charge on any atom is 0.352 e. The van der Waals surface area contributed by atoms with Gasteiger partial charge in [-0.15, -0.1) is 0 Å². The fraction of sp³-hybridized carbons (Fsp3) is 0.250. The summed E-state index contributed by atoms with van der Waals surface area (Å²) in [5, 5.41) is 13.7. The summed E-state index contributed by atoms with van der Waals surface area (Å²) in [6.45, 7) is 3.67. The summed E-state index contributed by atoms with van der Waals surface area (Å²) in [5.41, 5.74) is 2.79. The molecule has 0 saturated heterocycles. The van der Waals surface area contributed by atoms with E-state index in [0.29, 0.717) is 25.4 Å². The number of carbonyl (C=O) groups is 1. The van der Waals surface area contributed by atoms with Gasteiger partial charge in [0.1, 0.15) is 17.2 Å². The summed E-state index contributed by atoms with van der Waals surface area (Å²) >= 11 is 0. The molecule has 2 aromatic carbocycles. The SMILES string of the molecule is CCOc1ccc(CNCc2c(C(=O)O)[nH]c3cc(OC)ccc23)cc1. The van der Waals surface area contributed by atoms with Crippen molar-refractivity contribution in [3.05, 3.63) is 59.3 Å². The van der Waals surface area contributed by atoms with Gasteiger partial charge in [-0.3, -0.25) is 0 Å². The van der Waals surface area contributed by atoms with Gasteiger partial charge in [-0.1, -0.05) is 12.1 Å². The summed E-state index contributed by atoms with van der Waals surface area (Å²) in [6, 6.07) is 13.4. The van der Waals surface area contributed by atoms with Crippen LogP contribution in [-0.4, -0.2) is 29.8 Å². The zero-order valence-corrected chi connectivity index (χ0v) is 14.8. The molecule has 0 aliphatic rings. The van der Waals surface area contributed by atoms with Crippen molar-refractivity contribution in [2.45, 2.75) is 20.0 Å². The topological polar surface area (TPSA) is 83.6 Å². The van der Waals surface area contributed by atoms with Gasteiger partial charge in [0.05, 0.1) is 19.2 Å². The van der Waals surface area contributed by atoms with Crippen LogP contribution in [0.1, 0.15) is 28.5 Å².